The number of hydrogen-bond acceptors (Lipinski definition) is 9. The second-order valence-electron chi connectivity index (χ2n) is 10.8. The van der Waals surface area contributed by atoms with E-state index in [1.54, 1.807) is 13.4 Å². The van der Waals surface area contributed by atoms with Gasteiger partial charge in [-0.15, -0.1) is 0 Å². The summed E-state index contributed by atoms with van der Waals surface area (Å²) in [6.07, 6.45) is 6.01. The summed E-state index contributed by atoms with van der Waals surface area (Å²) in [5, 5.41) is 12.3. The lowest BCUT2D eigenvalue weighted by Crippen LogP contribution is -2.53. The first-order valence-corrected chi connectivity index (χ1v) is 14.1. The van der Waals surface area contributed by atoms with Gasteiger partial charge in [-0.3, -0.25) is 9.58 Å². The fourth-order valence-corrected chi connectivity index (χ4v) is 6.03. The SMILES string of the molecule is CNc1cc(Nc2cc(-c3ccc4c(cnn4C)c3)ncn2)c(OC)cc1N1CCN(C2CCN(C)CC2)CC1. The molecule has 0 spiro atoms. The number of methoxy groups -OCH3 is 1. The molecule has 0 aliphatic carbocycles. The molecule has 2 fully saturated rings. The van der Waals surface area contributed by atoms with E-state index in [-0.39, 0.29) is 0 Å². The highest BCUT2D eigenvalue weighted by Crippen LogP contribution is 2.39. The van der Waals surface area contributed by atoms with Gasteiger partial charge in [-0.25, -0.2) is 9.97 Å². The van der Waals surface area contributed by atoms with E-state index in [4.69, 9.17) is 4.74 Å². The monoisotopic (exact) mass is 541 g/mol. The number of aryl methyl sites for hydroxylation is 1. The van der Waals surface area contributed by atoms with E-state index in [0.717, 1.165) is 65.5 Å². The minimum atomic E-state index is 0.705. The number of fused-ring (bicyclic) bond motifs is 1. The second kappa shape index (κ2) is 11.3. The third-order valence-corrected chi connectivity index (χ3v) is 8.42. The number of ether oxygens (including phenoxy) is 1. The van der Waals surface area contributed by atoms with Gasteiger partial charge in [0.15, 0.2) is 0 Å². The van der Waals surface area contributed by atoms with Crippen LogP contribution < -0.4 is 20.3 Å². The number of likely N-dealkylation sites (tertiary alicyclic amines) is 1. The summed E-state index contributed by atoms with van der Waals surface area (Å²) in [5.74, 6) is 1.49. The third kappa shape index (κ3) is 5.29. The molecule has 4 aromatic rings. The fraction of sp³-hybridized carbons (Fsp3) is 0.433. The van der Waals surface area contributed by atoms with Crippen molar-refractivity contribution >= 4 is 33.8 Å². The predicted molar refractivity (Wildman–Crippen MR) is 162 cm³/mol. The van der Waals surface area contributed by atoms with E-state index in [2.05, 4.69) is 77.8 Å². The molecule has 0 atom stereocenters. The molecule has 40 heavy (non-hydrogen) atoms. The molecule has 0 saturated carbocycles. The van der Waals surface area contributed by atoms with E-state index in [1.165, 1.54) is 31.6 Å². The standard InChI is InChI=1S/C30H39N9O/c1-31-25-16-26(35-30-17-24(32-20-33-30)21-5-6-27-22(15-21)19-34-37(27)3)29(40-4)18-28(25)39-13-11-38(12-14-39)23-7-9-36(2)10-8-23/h5-6,15-20,23,31H,7-14H2,1-4H3,(H,32,33,35). The summed E-state index contributed by atoms with van der Waals surface area (Å²) in [6, 6.07) is 13.2. The van der Waals surface area contributed by atoms with E-state index in [9.17, 15) is 0 Å². The number of rotatable bonds is 7. The Morgan fingerprint density at radius 2 is 1.70 bits per heavy atom. The Kier molecular flexibility index (Phi) is 7.44. The summed E-state index contributed by atoms with van der Waals surface area (Å²) in [5.41, 5.74) is 6.03. The first-order valence-electron chi connectivity index (χ1n) is 14.1. The Morgan fingerprint density at radius 1 is 0.900 bits per heavy atom. The smallest absolute Gasteiger partial charge is 0.144 e. The number of nitrogens with one attached hydrogen (secondary N) is 2. The van der Waals surface area contributed by atoms with Crippen molar-refractivity contribution in [3.63, 3.8) is 0 Å². The van der Waals surface area contributed by atoms with Crippen LogP contribution >= 0.6 is 0 Å². The van der Waals surface area contributed by atoms with Crippen LogP contribution in [-0.2, 0) is 7.05 Å². The number of piperazine rings is 1. The molecular weight excluding hydrogens is 502 g/mol. The highest BCUT2D eigenvalue weighted by atomic mass is 16.5. The summed E-state index contributed by atoms with van der Waals surface area (Å²) >= 11 is 0. The lowest BCUT2D eigenvalue weighted by molar-refractivity contribution is 0.115. The van der Waals surface area contributed by atoms with Crippen LogP contribution in [0.5, 0.6) is 5.75 Å². The van der Waals surface area contributed by atoms with Gasteiger partial charge in [-0.05, 0) is 51.2 Å². The molecule has 2 aliphatic heterocycles. The molecule has 0 amide bonds. The minimum absolute atomic E-state index is 0.705. The normalized spacial score (nSPS) is 17.4. The van der Waals surface area contributed by atoms with Crippen LogP contribution in [0.25, 0.3) is 22.2 Å². The number of hydrogen-bond donors (Lipinski definition) is 2. The Morgan fingerprint density at radius 3 is 2.45 bits per heavy atom. The number of aromatic nitrogens is 4. The molecule has 10 nitrogen and oxygen atoms in total. The summed E-state index contributed by atoms with van der Waals surface area (Å²) in [6.45, 7) is 6.60. The highest BCUT2D eigenvalue weighted by molar-refractivity contribution is 5.85. The van der Waals surface area contributed by atoms with Crippen molar-refractivity contribution in [2.24, 2.45) is 7.05 Å². The molecular formula is C30H39N9O. The Bertz CT molecular complexity index is 1470. The van der Waals surface area contributed by atoms with Gasteiger partial charge in [0, 0.05) is 69.4 Å². The van der Waals surface area contributed by atoms with Crippen molar-refractivity contribution in [3.05, 3.63) is 48.9 Å². The molecule has 0 bridgehead atoms. The van der Waals surface area contributed by atoms with Crippen LogP contribution in [0, 0.1) is 0 Å². The van der Waals surface area contributed by atoms with E-state index >= 15 is 0 Å². The molecule has 2 saturated heterocycles. The van der Waals surface area contributed by atoms with Crippen LogP contribution in [0.1, 0.15) is 12.8 Å². The Balaban J connectivity index is 1.19. The number of piperidine rings is 1. The molecule has 0 radical (unpaired) electrons. The second-order valence-corrected chi connectivity index (χ2v) is 10.8. The Hall–Kier alpha value is -3.89. The molecule has 10 heteroatoms. The summed E-state index contributed by atoms with van der Waals surface area (Å²) < 4.78 is 7.73. The largest absolute Gasteiger partial charge is 0.494 e. The van der Waals surface area contributed by atoms with E-state index < -0.39 is 0 Å². The molecule has 2 N–H and O–H groups in total. The zero-order chi connectivity index (χ0) is 27.6. The molecule has 0 unspecified atom stereocenters. The first-order chi connectivity index (χ1) is 19.5. The van der Waals surface area contributed by atoms with Crippen LogP contribution in [0.4, 0.5) is 22.9 Å². The molecule has 2 aliphatic rings. The number of nitrogens with zero attached hydrogens (tertiary/aromatic N) is 7. The van der Waals surface area contributed by atoms with E-state index in [0.29, 0.717) is 11.9 Å². The maximum absolute atomic E-state index is 5.86. The van der Waals surface area contributed by atoms with Gasteiger partial charge in [-0.2, -0.15) is 5.10 Å². The zero-order valence-corrected chi connectivity index (χ0v) is 23.9. The minimum Gasteiger partial charge on any atom is -0.494 e. The van der Waals surface area contributed by atoms with Crippen molar-refractivity contribution < 1.29 is 4.74 Å². The Labute approximate surface area is 235 Å². The van der Waals surface area contributed by atoms with Crippen LogP contribution in [-0.4, -0.2) is 96.1 Å². The van der Waals surface area contributed by atoms with Crippen molar-refractivity contribution in [2.45, 2.75) is 18.9 Å². The van der Waals surface area contributed by atoms with Crippen molar-refractivity contribution in [2.75, 3.05) is 76.0 Å². The molecule has 2 aromatic carbocycles. The topological polar surface area (TPSA) is 86.6 Å². The lowest BCUT2D eigenvalue weighted by Gasteiger charge is -2.43. The summed E-state index contributed by atoms with van der Waals surface area (Å²) in [4.78, 5) is 16.6. The average molecular weight is 542 g/mol. The van der Waals surface area contributed by atoms with Gasteiger partial charge in [0.05, 0.1) is 41.6 Å². The van der Waals surface area contributed by atoms with Crippen LogP contribution in [0.15, 0.2) is 48.9 Å². The van der Waals surface area contributed by atoms with Gasteiger partial charge in [0.25, 0.3) is 0 Å². The third-order valence-electron chi connectivity index (χ3n) is 8.42. The van der Waals surface area contributed by atoms with Gasteiger partial charge in [0.1, 0.15) is 17.9 Å². The van der Waals surface area contributed by atoms with Gasteiger partial charge in [-0.1, -0.05) is 6.07 Å². The lowest BCUT2D eigenvalue weighted by atomic mass is 10.0. The molecule has 4 heterocycles. The quantitative estimate of drug-likeness (QED) is 0.360. The maximum atomic E-state index is 5.86. The van der Waals surface area contributed by atoms with Crippen molar-refractivity contribution in [3.8, 4) is 17.0 Å². The van der Waals surface area contributed by atoms with Crippen LogP contribution in [0.2, 0.25) is 0 Å². The number of anilines is 4. The van der Waals surface area contributed by atoms with Crippen LogP contribution in [0.3, 0.4) is 0 Å². The fourth-order valence-electron chi connectivity index (χ4n) is 6.03. The number of benzene rings is 2. The average Bonchev–Trinajstić information content (AvgIpc) is 3.37. The molecule has 210 valence electrons. The predicted octanol–water partition coefficient (Wildman–Crippen LogP) is 4.04. The highest BCUT2D eigenvalue weighted by Gasteiger charge is 2.27. The molecule has 2 aromatic heterocycles. The van der Waals surface area contributed by atoms with Crippen molar-refractivity contribution in [1.29, 1.82) is 0 Å². The zero-order valence-electron chi connectivity index (χ0n) is 23.9. The van der Waals surface area contributed by atoms with Gasteiger partial charge < -0.3 is 25.2 Å². The summed E-state index contributed by atoms with van der Waals surface area (Å²) in [7, 11) is 7.87. The first kappa shape index (κ1) is 26.3. The van der Waals surface area contributed by atoms with Gasteiger partial charge >= 0.3 is 0 Å². The van der Waals surface area contributed by atoms with Gasteiger partial charge in [0.2, 0.25) is 0 Å². The molecule has 6 rings (SSSR count). The maximum Gasteiger partial charge on any atom is 0.144 e. The van der Waals surface area contributed by atoms with Crippen molar-refractivity contribution in [1.82, 2.24) is 29.5 Å². The van der Waals surface area contributed by atoms with E-state index in [1.807, 2.05) is 31.0 Å².